The summed E-state index contributed by atoms with van der Waals surface area (Å²) in [5.74, 6) is 1.14. The molecule has 0 aliphatic carbocycles. The average molecular weight is 435 g/mol. The predicted octanol–water partition coefficient (Wildman–Crippen LogP) is 3.39. The minimum atomic E-state index is -3.38. The molecule has 1 aromatic heterocycles. The van der Waals surface area contributed by atoms with Gasteiger partial charge in [-0.15, -0.1) is 11.3 Å². The van der Waals surface area contributed by atoms with Crippen molar-refractivity contribution in [2.75, 3.05) is 26.7 Å². The second-order valence-corrected chi connectivity index (χ2v) is 10.2. The zero-order chi connectivity index (χ0) is 20.7. The van der Waals surface area contributed by atoms with Crippen LogP contribution in [0.2, 0.25) is 0 Å². The lowest BCUT2D eigenvalue weighted by atomic mass is 10.1. The maximum Gasteiger partial charge on any atom is 0.243 e. The lowest BCUT2D eigenvalue weighted by Gasteiger charge is -2.25. The first kappa shape index (κ1) is 21.8. The number of rotatable bonds is 7. The lowest BCUT2D eigenvalue weighted by Crippen LogP contribution is -2.38. The van der Waals surface area contributed by atoms with Gasteiger partial charge in [0.05, 0.1) is 4.90 Å². The summed E-state index contributed by atoms with van der Waals surface area (Å²) >= 11 is 1.76. The molecule has 1 aliphatic rings. The van der Waals surface area contributed by atoms with Crippen molar-refractivity contribution in [3.8, 4) is 0 Å². The molecule has 1 atom stereocenters. The molecule has 1 aliphatic heterocycles. The fourth-order valence-corrected chi connectivity index (χ4v) is 5.67. The first-order valence-corrected chi connectivity index (χ1v) is 12.4. The Morgan fingerprint density at radius 2 is 1.86 bits per heavy atom. The molecule has 1 unspecified atom stereocenters. The number of sulfonamides is 1. The molecule has 6 nitrogen and oxygen atoms in total. The van der Waals surface area contributed by atoms with Crippen LogP contribution in [0.5, 0.6) is 0 Å². The van der Waals surface area contributed by atoms with Crippen molar-refractivity contribution in [2.24, 2.45) is 4.99 Å². The normalized spacial score (nSPS) is 17.1. The number of nitrogens with one attached hydrogen (secondary N) is 2. The number of thiophene rings is 1. The molecule has 158 valence electrons. The monoisotopic (exact) mass is 434 g/mol. The van der Waals surface area contributed by atoms with Gasteiger partial charge in [0.25, 0.3) is 0 Å². The van der Waals surface area contributed by atoms with E-state index in [2.05, 4.69) is 40.1 Å². The van der Waals surface area contributed by atoms with Crippen LogP contribution in [0.25, 0.3) is 0 Å². The molecule has 3 rings (SSSR count). The van der Waals surface area contributed by atoms with Gasteiger partial charge >= 0.3 is 0 Å². The van der Waals surface area contributed by atoms with Crippen LogP contribution in [-0.2, 0) is 16.6 Å². The third kappa shape index (κ3) is 5.81. The molecule has 1 fully saturated rings. The van der Waals surface area contributed by atoms with E-state index < -0.39 is 10.0 Å². The van der Waals surface area contributed by atoms with Crippen LogP contribution in [0.3, 0.4) is 0 Å². The first-order chi connectivity index (χ1) is 14.0. The molecule has 2 heterocycles. The SMILES string of the molecule is CN=C(NCc1ccc(S(=O)(=O)N2CCCCC2)cc1)NCC(C)c1cccs1. The van der Waals surface area contributed by atoms with Gasteiger partial charge in [-0.2, -0.15) is 4.31 Å². The van der Waals surface area contributed by atoms with E-state index in [1.165, 1.54) is 4.88 Å². The highest BCUT2D eigenvalue weighted by Crippen LogP contribution is 2.21. The molecule has 0 radical (unpaired) electrons. The summed E-state index contributed by atoms with van der Waals surface area (Å²) in [6.07, 6.45) is 3.00. The quantitative estimate of drug-likeness (QED) is 0.517. The van der Waals surface area contributed by atoms with Crippen LogP contribution in [-0.4, -0.2) is 45.4 Å². The Bertz CT molecular complexity index is 887. The number of hydrogen-bond acceptors (Lipinski definition) is 4. The second-order valence-electron chi connectivity index (χ2n) is 7.33. The molecule has 8 heteroatoms. The van der Waals surface area contributed by atoms with Crippen molar-refractivity contribution >= 4 is 27.3 Å². The van der Waals surface area contributed by atoms with E-state index in [1.807, 2.05) is 12.1 Å². The number of guanidine groups is 1. The number of piperidine rings is 1. The summed E-state index contributed by atoms with van der Waals surface area (Å²) in [5.41, 5.74) is 1.01. The minimum Gasteiger partial charge on any atom is -0.356 e. The van der Waals surface area contributed by atoms with Gasteiger partial charge in [-0.05, 0) is 42.0 Å². The summed E-state index contributed by atoms with van der Waals surface area (Å²) in [7, 11) is -1.63. The number of aliphatic imine (C=N–C) groups is 1. The van der Waals surface area contributed by atoms with Crippen molar-refractivity contribution in [2.45, 2.75) is 43.5 Å². The van der Waals surface area contributed by atoms with Crippen LogP contribution >= 0.6 is 11.3 Å². The number of hydrogen-bond donors (Lipinski definition) is 2. The topological polar surface area (TPSA) is 73.8 Å². The van der Waals surface area contributed by atoms with E-state index in [0.29, 0.717) is 30.4 Å². The molecule has 29 heavy (non-hydrogen) atoms. The molecular formula is C21H30N4O2S2. The van der Waals surface area contributed by atoms with Crippen molar-refractivity contribution < 1.29 is 8.42 Å². The van der Waals surface area contributed by atoms with Crippen molar-refractivity contribution in [1.82, 2.24) is 14.9 Å². The summed E-state index contributed by atoms with van der Waals surface area (Å²) in [5, 5.41) is 8.73. The van der Waals surface area contributed by atoms with Crippen LogP contribution < -0.4 is 10.6 Å². The lowest BCUT2D eigenvalue weighted by molar-refractivity contribution is 0.346. The van der Waals surface area contributed by atoms with Crippen LogP contribution in [0.1, 0.15) is 42.5 Å². The Balaban J connectivity index is 1.52. The van der Waals surface area contributed by atoms with Gasteiger partial charge < -0.3 is 10.6 Å². The largest absolute Gasteiger partial charge is 0.356 e. The molecule has 0 spiro atoms. The van der Waals surface area contributed by atoms with Crippen molar-refractivity contribution in [1.29, 1.82) is 0 Å². The highest BCUT2D eigenvalue weighted by Gasteiger charge is 2.25. The van der Waals surface area contributed by atoms with E-state index in [0.717, 1.165) is 37.3 Å². The molecule has 0 saturated carbocycles. The van der Waals surface area contributed by atoms with Gasteiger partial charge in [0.2, 0.25) is 10.0 Å². The van der Waals surface area contributed by atoms with Crippen LogP contribution in [0.4, 0.5) is 0 Å². The summed E-state index contributed by atoms with van der Waals surface area (Å²) < 4.78 is 27.1. The van der Waals surface area contributed by atoms with Gasteiger partial charge in [-0.3, -0.25) is 4.99 Å². The van der Waals surface area contributed by atoms with Gasteiger partial charge in [0, 0.05) is 44.0 Å². The Hall–Kier alpha value is -1.90. The molecule has 0 bridgehead atoms. The third-order valence-electron chi connectivity index (χ3n) is 5.16. The highest BCUT2D eigenvalue weighted by atomic mass is 32.2. The van der Waals surface area contributed by atoms with E-state index in [4.69, 9.17) is 0 Å². The molecule has 1 saturated heterocycles. The number of nitrogens with zero attached hydrogens (tertiary/aromatic N) is 2. The Kier molecular flexibility index (Phi) is 7.69. The fraction of sp³-hybridized carbons (Fsp3) is 0.476. The second kappa shape index (κ2) is 10.2. The third-order valence-corrected chi connectivity index (χ3v) is 8.18. The molecule has 1 aromatic carbocycles. The van der Waals surface area contributed by atoms with Crippen molar-refractivity contribution in [3.63, 3.8) is 0 Å². The van der Waals surface area contributed by atoms with Gasteiger partial charge in [-0.1, -0.05) is 31.5 Å². The standard InChI is InChI=1S/C21H30N4O2S2/c1-17(20-7-6-14-28-20)15-23-21(22-2)24-16-18-8-10-19(11-9-18)29(26,27)25-12-4-3-5-13-25/h6-11,14,17H,3-5,12-13,15-16H2,1-2H3,(H2,22,23,24). The molecular weight excluding hydrogens is 404 g/mol. The smallest absolute Gasteiger partial charge is 0.243 e. The van der Waals surface area contributed by atoms with E-state index in [9.17, 15) is 8.42 Å². The van der Waals surface area contributed by atoms with E-state index >= 15 is 0 Å². The molecule has 0 amide bonds. The molecule has 2 aromatic rings. The highest BCUT2D eigenvalue weighted by molar-refractivity contribution is 7.89. The number of benzene rings is 1. The Morgan fingerprint density at radius 3 is 2.48 bits per heavy atom. The van der Waals surface area contributed by atoms with Gasteiger partial charge in [-0.25, -0.2) is 8.42 Å². The summed E-state index contributed by atoms with van der Waals surface area (Å²) in [6, 6.07) is 11.4. The average Bonchev–Trinajstić information content (AvgIpc) is 3.30. The molecule has 2 N–H and O–H groups in total. The summed E-state index contributed by atoms with van der Waals surface area (Å²) in [4.78, 5) is 5.99. The Morgan fingerprint density at radius 1 is 1.14 bits per heavy atom. The zero-order valence-electron chi connectivity index (χ0n) is 17.1. The minimum absolute atomic E-state index is 0.371. The predicted molar refractivity (Wildman–Crippen MR) is 120 cm³/mol. The van der Waals surface area contributed by atoms with Crippen LogP contribution in [0, 0.1) is 0 Å². The first-order valence-electron chi connectivity index (χ1n) is 10.1. The maximum absolute atomic E-state index is 12.7. The fourth-order valence-electron chi connectivity index (χ4n) is 3.36. The van der Waals surface area contributed by atoms with E-state index in [1.54, 1.807) is 34.8 Å². The van der Waals surface area contributed by atoms with Gasteiger partial charge in [0.15, 0.2) is 5.96 Å². The van der Waals surface area contributed by atoms with Crippen molar-refractivity contribution in [3.05, 3.63) is 52.2 Å². The zero-order valence-corrected chi connectivity index (χ0v) is 18.7. The maximum atomic E-state index is 12.7. The summed E-state index contributed by atoms with van der Waals surface area (Å²) in [6.45, 7) is 4.81. The van der Waals surface area contributed by atoms with E-state index in [-0.39, 0.29) is 0 Å². The van der Waals surface area contributed by atoms with Crippen LogP contribution in [0.15, 0.2) is 51.7 Å². The Labute approximate surface area is 178 Å². The van der Waals surface area contributed by atoms with Gasteiger partial charge in [0.1, 0.15) is 0 Å².